The van der Waals surface area contributed by atoms with Crippen LogP contribution in [0.3, 0.4) is 0 Å². The maximum Gasteiger partial charge on any atom is 0.269 e. The van der Waals surface area contributed by atoms with Crippen LogP contribution < -0.4 is 0 Å². The molecule has 9 heteroatoms. The van der Waals surface area contributed by atoms with Crippen LogP contribution in [0.4, 0.5) is 5.69 Å². The molecule has 2 aromatic rings. The molecular formula is C14H10ClNO6S. The minimum absolute atomic E-state index is 0.117. The molecule has 2 aromatic carbocycles. The number of non-ortho nitro benzene ring substituents is 1. The van der Waals surface area contributed by atoms with Crippen LogP contribution in [0.2, 0.25) is 5.02 Å². The van der Waals surface area contributed by atoms with Crippen LogP contribution in [-0.4, -0.2) is 23.6 Å². The fourth-order valence-corrected chi connectivity index (χ4v) is 2.94. The van der Waals surface area contributed by atoms with Gasteiger partial charge >= 0.3 is 0 Å². The first-order valence-corrected chi connectivity index (χ1v) is 8.02. The van der Waals surface area contributed by atoms with Gasteiger partial charge in [0.15, 0.2) is 21.3 Å². The van der Waals surface area contributed by atoms with E-state index in [4.69, 9.17) is 11.6 Å². The standard InChI is InChI=1S/C14H10ClNO6S/c15-12-7-9(8-13(17)14(12)18)5-6-23(21,22)11-3-1-10(2-4-11)16(19)20/h1-8,17-18H. The van der Waals surface area contributed by atoms with Gasteiger partial charge in [0, 0.05) is 17.5 Å². The lowest BCUT2D eigenvalue weighted by atomic mass is 10.2. The van der Waals surface area contributed by atoms with E-state index in [1.54, 1.807) is 0 Å². The highest BCUT2D eigenvalue weighted by atomic mass is 35.5. The third kappa shape index (κ3) is 3.79. The Morgan fingerprint density at radius 3 is 2.26 bits per heavy atom. The number of aromatic hydroxyl groups is 2. The maximum atomic E-state index is 12.1. The molecule has 0 radical (unpaired) electrons. The summed E-state index contributed by atoms with van der Waals surface area (Å²) in [6.45, 7) is 0. The third-order valence-corrected chi connectivity index (χ3v) is 4.59. The summed E-state index contributed by atoms with van der Waals surface area (Å²) >= 11 is 5.68. The van der Waals surface area contributed by atoms with Gasteiger partial charge in [-0.2, -0.15) is 0 Å². The van der Waals surface area contributed by atoms with E-state index in [-0.39, 0.29) is 21.2 Å². The summed E-state index contributed by atoms with van der Waals surface area (Å²) in [7, 11) is -3.83. The smallest absolute Gasteiger partial charge is 0.269 e. The summed E-state index contributed by atoms with van der Waals surface area (Å²) in [6, 6.07) is 6.84. The molecule has 0 bridgehead atoms. The van der Waals surface area contributed by atoms with Crippen molar-refractivity contribution in [3.63, 3.8) is 0 Å². The Kier molecular flexibility index (Phi) is 4.57. The largest absolute Gasteiger partial charge is 0.504 e. The molecule has 0 saturated carbocycles. The van der Waals surface area contributed by atoms with Crippen molar-refractivity contribution < 1.29 is 23.6 Å². The van der Waals surface area contributed by atoms with Gasteiger partial charge in [-0.25, -0.2) is 8.42 Å². The molecule has 0 fully saturated rings. The molecule has 0 aromatic heterocycles. The molecule has 0 atom stereocenters. The van der Waals surface area contributed by atoms with E-state index < -0.39 is 26.3 Å². The number of phenolic OH excluding ortho intramolecular Hbond substituents is 2. The molecule has 0 heterocycles. The number of hydrogen-bond acceptors (Lipinski definition) is 6. The quantitative estimate of drug-likeness (QED) is 0.494. The number of nitrogens with zero attached hydrogens (tertiary/aromatic N) is 1. The van der Waals surface area contributed by atoms with E-state index in [0.717, 1.165) is 35.7 Å². The third-order valence-electron chi connectivity index (χ3n) is 2.88. The van der Waals surface area contributed by atoms with Crippen molar-refractivity contribution in [2.75, 3.05) is 0 Å². The second-order valence-corrected chi connectivity index (χ2v) is 6.71. The monoisotopic (exact) mass is 355 g/mol. The summed E-state index contributed by atoms with van der Waals surface area (Å²) < 4.78 is 24.2. The molecule has 23 heavy (non-hydrogen) atoms. The van der Waals surface area contributed by atoms with Crippen molar-refractivity contribution in [1.82, 2.24) is 0 Å². The van der Waals surface area contributed by atoms with Crippen LogP contribution in [0.15, 0.2) is 46.7 Å². The number of sulfone groups is 1. The topological polar surface area (TPSA) is 118 Å². The van der Waals surface area contributed by atoms with Crippen molar-refractivity contribution in [3.05, 3.63) is 62.5 Å². The minimum Gasteiger partial charge on any atom is -0.504 e. The highest BCUT2D eigenvalue weighted by Crippen LogP contribution is 2.34. The number of halogens is 1. The van der Waals surface area contributed by atoms with Crippen LogP contribution in [-0.2, 0) is 9.84 Å². The minimum atomic E-state index is -3.83. The highest BCUT2D eigenvalue weighted by molar-refractivity contribution is 7.94. The lowest BCUT2D eigenvalue weighted by Crippen LogP contribution is -1.96. The van der Waals surface area contributed by atoms with Crippen molar-refractivity contribution >= 4 is 33.2 Å². The average molecular weight is 356 g/mol. The molecule has 120 valence electrons. The Bertz CT molecular complexity index is 867. The molecule has 0 amide bonds. The summed E-state index contributed by atoms with van der Waals surface area (Å²) in [6.07, 6.45) is 1.18. The van der Waals surface area contributed by atoms with Crippen molar-refractivity contribution in [3.8, 4) is 11.5 Å². The molecule has 0 aliphatic rings. The van der Waals surface area contributed by atoms with E-state index in [1.165, 1.54) is 12.1 Å². The van der Waals surface area contributed by atoms with E-state index >= 15 is 0 Å². The maximum absolute atomic E-state index is 12.1. The molecule has 2 N–H and O–H groups in total. The molecule has 0 aliphatic heterocycles. The van der Waals surface area contributed by atoms with E-state index in [9.17, 15) is 28.7 Å². The van der Waals surface area contributed by atoms with E-state index in [2.05, 4.69) is 0 Å². The molecule has 2 rings (SSSR count). The van der Waals surface area contributed by atoms with Gasteiger partial charge in [0.2, 0.25) is 0 Å². The number of nitro benzene ring substituents is 1. The molecule has 0 aliphatic carbocycles. The average Bonchev–Trinajstić information content (AvgIpc) is 2.50. The Labute approximate surface area is 136 Å². The van der Waals surface area contributed by atoms with E-state index in [1.807, 2.05) is 0 Å². The lowest BCUT2D eigenvalue weighted by Gasteiger charge is -2.02. The Morgan fingerprint density at radius 2 is 1.74 bits per heavy atom. The fourth-order valence-electron chi connectivity index (χ4n) is 1.71. The van der Waals surface area contributed by atoms with Gasteiger partial charge in [-0.15, -0.1) is 0 Å². The van der Waals surface area contributed by atoms with Crippen molar-refractivity contribution in [2.45, 2.75) is 4.90 Å². The van der Waals surface area contributed by atoms with Crippen LogP contribution in [0, 0.1) is 10.1 Å². The van der Waals surface area contributed by atoms with Gasteiger partial charge in [0.25, 0.3) is 5.69 Å². The lowest BCUT2D eigenvalue weighted by molar-refractivity contribution is -0.384. The summed E-state index contributed by atoms with van der Waals surface area (Å²) in [5.41, 5.74) is 0.0407. The number of hydrogen-bond donors (Lipinski definition) is 2. The first-order chi connectivity index (χ1) is 10.7. The normalized spacial score (nSPS) is 11.7. The van der Waals surface area contributed by atoms with E-state index in [0.29, 0.717) is 0 Å². The fraction of sp³-hybridized carbons (Fsp3) is 0. The van der Waals surface area contributed by atoms with Gasteiger partial charge in [-0.3, -0.25) is 10.1 Å². The molecule has 7 nitrogen and oxygen atoms in total. The van der Waals surface area contributed by atoms with Crippen molar-refractivity contribution in [1.29, 1.82) is 0 Å². The van der Waals surface area contributed by atoms with Gasteiger partial charge in [-0.1, -0.05) is 11.6 Å². The first kappa shape index (κ1) is 16.8. The summed E-state index contributed by atoms with van der Waals surface area (Å²) in [5.74, 6) is -0.980. The Hall–Kier alpha value is -2.58. The van der Waals surface area contributed by atoms with Crippen LogP contribution in [0.1, 0.15) is 5.56 Å². The van der Waals surface area contributed by atoms with Crippen LogP contribution >= 0.6 is 11.6 Å². The number of nitro groups is 1. The Morgan fingerprint density at radius 1 is 1.13 bits per heavy atom. The van der Waals surface area contributed by atoms with Gasteiger partial charge in [0.05, 0.1) is 14.8 Å². The zero-order valence-electron chi connectivity index (χ0n) is 11.4. The predicted molar refractivity (Wildman–Crippen MR) is 84.1 cm³/mol. The molecule has 0 unspecified atom stereocenters. The second kappa shape index (κ2) is 6.27. The SMILES string of the molecule is O=[N+]([O-])c1ccc(S(=O)(=O)C=Cc2cc(O)c(O)c(Cl)c2)cc1. The first-order valence-electron chi connectivity index (χ1n) is 6.10. The number of phenols is 2. The number of rotatable bonds is 4. The molecular weight excluding hydrogens is 346 g/mol. The highest BCUT2D eigenvalue weighted by Gasteiger charge is 2.13. The molecule has 0 saturated heterocycles. The van der Waals surface area contributed by atoms with Gasteiger partial charge in [0.1, 0.15) is 0 Å². The second-order valence-electron chi connectivity index (χ2n) is 4.47. The van der Waals surface area contributed by atoms with Crippen LogP contribution in [0.25, 0.3) is 6.08 Å². The number of benzene rings is 2. The predicted octanol–water partition coefficient (Wildman–Crippen LogP) is 3.10. The van der Waals surface area contributed by atoms with Gasteiger partial charge in [-0.05, 0) is 35.9 Å². The molecule has 0 spiro atoms. The zero-order chi connectivity index (χ0) is 17.2. The summed E-state index contributed by atoms with van der Waals surface area (Å²) in [4.78, 5) is 9.80. The Balaban J connectivity index is 2.32. The van der Waals surface area contributed by atoms with Gasteiger partial charge < -0.3 is 10.2 Å². The zero-order valence-corrected chi connectivity index (χ0v) is 13.0. The summed E-state index contributed by atoms with van der Waals surface area (Å²) in [5, 5.41) is 30.1. The van der Waals surface area contributed by atoms with Crippen molar-refractivity contribution in [2.24, 2.45) is 0 Å². The van der Waals surface area contributed by atoms with Crippen LogP contribution in [0.5, 0.6) is 11.5 Å².